The molecule has 2 bridgehead atoms. The molecule has 4 heterocycles. The Hall–Kier alpha value is -3.87. The number of aromatic nitrogens is 2. The maximum Gasteiger partial charge on any atom is 0.415 e. The van der Waals surface area contributed by atoms with E-state index >= 15 is 0 Å². The van der Waals surface area contributed by atoms with Crippen molar-refractivity contribution < 1.29 is 33.4 Å². The van der Waals surface area contributed by atoms with E-state index in [1.54, 1.807) is 24.1 Å². The van der Waals surface area contributed by atoms with Gasteiger partial charge in [-0.3, -0.25) is 9.59 Å². The normalized spacial score (nSPS) is 23.2. The van der Waals surface area contributed by atoms with Crippen molar-refractivity contribution in [3.05, 3.63) is 46.8 Å². The first-order valence-electron chi connectivity index (χ1n) is 16.8. The van der Waals surface area contributed by atoms with Gasteiger partial charge in [-0.25, -0.2) is 4.79 Å². The number of ether oxygens (including phenoxy) is 1. The molecule has 1 atom stereocenters. The number of amides is 3. The Morgan fingerprint density at radius 2 is 1.62 bits per heavy atom. The number of hydrogen-bond donors (Lipinski definition) is 5. The first-order chi connectivity index (χ1) is 23.9. The van der Waals surface area contributed by atoms with E-state index in [4.69, 9.17) is 20.9 Å². The summed E-state index contributed by atoms with van der Waals surface area (Å²) in [4.78, 5) is 72.6. The van der Waals surface area contributed by atoms with E-state index in [1.807, 2.05) is 38.2 Å². The van der Waals surface area contributed by atoms with Crippen molar-refractivity contribution >= 4 is 71.3 Å². The minimum Gasteiger partial charge on any atom is -0.425 e. The van der Waals surface area contributed by atoms with Gasteiger partial charge in [0.25, 0.3) is 0 Å². The number of aryl methyl sites for hydroxylation is 2. The van der Waals surface area contributed by atoms with Gasteiger partial charge in [0, 0.05) is 80.3 Å². The summed E-state index contributed by atoms with van der Waals surface area (Å²) in [6.45, 7) is 5.96. The van der Waals surface area contributed by atoms with Gasteiger partial charge in [-0.15, -0.1) is 11.6 Å². The lowest BCUT2D eigenvalue weighted by molar-refractivity contribution is -0.204. The topological polar surface area (TPSA) is 163 Å². The molecule has 0 saturated heterocycles. The van der Waals surface area contributed by atoms with Gasteiger partial charge in [0.15, 0.2) is 11.5 Å². The van der Waals surface area contributed by atoms with Gasteiger partial charge in [0.05, 0.1) is 33.2 Å². The molecule has 4 aromatic rings. The highest BCUT2D eigenvalue weighted by Crippen LogP contribution is 2.75. The number of carbonyl (C=O) groups is 3. The Kier molecular flexibility index (Phi) is 7.89. The second-order valence-electron chi connectivity index (χ2n) is 14.4. The number of nitrogens with one attached hydrogen (secondary N) is 3. The lowest BCUT2D eigenvalue weighted by atomic mass is 9.34. The number of fused-ring (bicyclic) bond motifs is 6. The third-order valence-electron chi connectivity index (χ3n) is 11.3. The Morgan fingerprint density at radius 3 is 2.26 bits per heavy atom. The van der Waals surface area contributed by atoms with Crippen LogP contribution in [-0.2, 0) is 16.0 Å². The van der Waals surface area contributed by atoms with Crippen LogP contribution in [0.25, 0.3) is 21.8 Å². The van der Waals surface area contributed by atoms with Crippen LogP contribution in [0.15, 0.2) is 24.5 Å². The number of carbonyl (C=O) groups excluding carboxylic acids is 3. The summed E-state index contributed by atoms with van der Waals surface area (Å²) in [5, 5.41) is 4.87. The first kappa shape index (κ1) is 33.3. The summed E-state index contributed by atoms with van der Waals surface area (Å²) in [6, 6.07) is 3.50. The number of hydrogen-bond acceptors (Lipinski definition) is 8. The molecule has 5 N–H and O–H groups in total. The minimum absolute atomic E-state index is 0.00178. The van der Waals surface area contributed by atoms with Gasteiger partial charge in [0.2, 0.25) is 11.8 Å². The maximum absolute atomic E-state index is 14.4. The number of benzene rings is 2. The molecular weight excluding hydrogens is 683 g/mol. The van der Waals surface area contributed by atoms with Crippen LogP contribution >= 0.6 is 20.2 Å². The number of anilines is 2. The number of rotatable bonds is 9. The van der Waals surface area contributed by atoms with E-state index in [2.05, 4.69) is 15.3 Å². The largest absolute Gasteiger partial charge is 0.425 e. The molecular formula is C35H40ClN6O7P. The van der Waals surface area contributed by atoms with Crippen LogP contribution in [0.2, 0.25) is 0 Å². The van der Waals surface area contributed by atoms with Crippen molar-refractivity contribution in [3.8, 4) is 11.5 Å². The fourth-order valence-electron chi connectivity index (χ4n) is 8.99. The summed E-state index contributed by atoms with van der Waals surface area (Å²) in [7, 11) is 0.828. The van der Waals surface area contributed by atoms with Gasteiger partial charge in [-0.1, -0.05) is 0 Å². The predicted octanol–water partition coefficient (Wildman–Crippen LogP) is 4.93. The second-order valence-corrected chi connectivity index (χ2v) is 15.4. The summed E-state index contributed by atoms with van der Waals surface area (Å²) in [5.41, 5.74) is 5.44. The molecule has 3 amide bonds. The third kappa shape index (κ3) is 4.77. The average molecular weight is 723 g/mol. The first-order valence-corrected chi connectivity index (χ1v) is 18.5. The van der Waals surface area contributed by atoms with Crippen molar-refractivity contribution in [2.24, 2.45) is 10.8 Å². The Bertz CT molecular complexity index is 2070. The molecule has 1 unspecified atom stereocenters. The highest BCUT2D eigenvalue weighted by atomic mass is 35.5. The number of halogens is 1. The summed E-state index contributed by atoms with van der Waals surface area (Å²) in [5.74, 6) is 0.790. The molecule has 50 heavy (non-hydrogen) atoms. The molecule has 3 saturated carbocycles. The summed E-state index contributed by atoms with van der Waals surface area (Å²) in [6.07, 6.45) is 5.29. The second kappa shape index (κ2) is 11.8. The van der Waals surface area contributed by atoms with E-state index in [0.29, 0.717) is 74.7 Å². The summed E-state index contributed by atoms with van der Waals surface area (Å²) >= 11 is 6.47. The zero-order valence-corrected chi connectivity index (χ0v) is 30.0. The van der Waals surface area contributed by atoms with Crippen LogP contribution in [0.1, 0.15) is 47.4 Å². The van der Waals surface area contributed by atoms with Crippen LogP contribution in [0.4, 0.5) is 16.2 Å². The monoisotopic (exact) mass is 722 g/mol. The lowest BCUT2D eigenvalue weighted by Crippen LogP contribution is -2.72. The zero-order valence-electron chi connectivity index (χ0n) is 28.4. The molecule has 0 radical (unpaired) electrons. The Labute approximate surface area is 294 Å². The molecule has 264 valence electrons. The molecule has 2 aromatic carbocycles. The van der Waals surface area contributed by atoms with Crippen LogP contribution in [0.5, 0.6) is 11.5 Å². The number of nitrogens with zero attached hydrogens (tertiary/aromatic N) is 3. The van der Waals surface area contributed by atoms with E-state index in [-0.39, 0.29) is 23.5 Å². The molecule has 2 aliphatic heterocycles. The van der Waals surface area contributed by atoms with Crippen LogP contribution in [0.3, 0.4) is 0 Å². The molecule has 2 aromatic heterocycles. The van der Waals surface area contributed by atoms with Crippen molar-refractivity contribution in [2.45, 2.75) is 45.4 Å². The lowest BCUT2D eigenvalue weighted by Gasteiger charge is -2.69. The van der Waals surface area contributed by atoms with E-state index in [9.17, 15) is 24.2 Å². The minimum atomic E-state index is -2.68. The molecule has 0 spiro atoms. The van der Waals surface area contributed by atoms with Gasteiger partial charge in [-0.2, -0.15) is 0 Å². The van der Waals surface area contributed by atoms with Gasteiger partial charge < -0.3 is 49.0 Å². The maximum atomic E-state index is 14.4. The smallest absolute Gasteiger partial charge is 0.415 e. The standard InChI is InChI=1S/C35H40ClN6O7P/c1-18-12-38-29-24(48-33(45)40(4)8-6-37-3)9-22-21(26(18)29)5-7-41(22)31(43)34-15-35(16-34,17-34)32(44)42-14-20(11-36)28-23(42)10-25(49-50(46)47)30-27(28)19(2)13-39-30/h9-10,12-13,20,37-39,46-47H,5-8,11,14-17H2,1-4H3. The Balaban J connectivity index is 1.05. The predicted molar refractivity (Wildman–Crippen MR) is 191 cm³/mol. The SMILES string of the molecule is CNCCN(C)C(=O)Oc1cc2c(c3c(C)c[nH]c13)CCN2C(=O)C12CC(C(=O)N3CC(CCl)c4c3cc(OP(O)O)c3[nH]cc(C)c43)(C1)C2. The molecule has 15 heteroatoms. The van der Waals surface area contributed by atoms with Gasteiger partial charge in [0.1, 0.15) is 0 Å². The van der Waals surface area contributed by atoms with E-state index in [0.717, 1.165) is 44.2 Å². The van der Waals surface area contributed by atoms with E-state index in [1.165, 1.54) is 4.90 Å². The van der Waals surface area contributed by atoms with Crippen LogP contribution in [-0.4, -0.2) is 88.7 Å². The zero-order chi connectivity index (χ0) is 35.3. The highest BCUT2D eigenvalue weighted by molar-refractivity contribution is 7.39. The van der Waals surface area contributed by atoms with Gasteiger partial charge >= 0.3 is 14.7 Å². The molecule has 5 aliphatic rings. The van der Waals surface area contributed by atoms with Crippen molar-refractivity contribution in [1.29, 1.82) is 0 Å². The number of aromatic amines is 2. The molecule has 3 aliphatic carbocycles. The number of alkyl halides is 1. The van der Waals surface area contributed by atoms with Crippen molar-refractivity contribution in [1.82, 2.24) is 20.2 Å². The van der Waals surface area contributed by atoms with Gasteiger partial charge in [-0.05, 0) is 68.8 Å². The average Bonchev–Trinajstić information content (AvgIpc) is 3.82. The fraction of sp³-hybridized carbons (Fsp3) is 0.457. The number of likely N-dealkylation sites (N-methyl/N-ethyl adjacent to an activating group) is 2. The summed E-state index contributed by atoms with van der Waals surface area (Å²) < 4.78 is 11.3. The highest BCUT2D eigenvalue weighted by Gasteiger charge is 2.76. The molecule has 13 nitrogen and oxygen atoms in total. The fourth-order valence-corrected chi connectivity index (χ4v) is 9.57. The van der Waals surface area contributed by atoms with E-state index < -0.39 is 25.5 Å². The van der Waals surface area contributed by atoms with Crippen LogP contribution in [0, 0.1) is 24.7 Å². The quantitative estimate of drug-likeness (QED) is 0.120. The van der Waals surface area contributed by atoms with Crippen molar-refractivity contribution in [3.63, 3.8) is 0 Å². The molecule has 9 rings (SSSR count). The Morgan fingerprint density at radius 1 is 1.00 bits per heavy atom. The molecule has 3 fully saturated rings. The number of H-pyrrole nitrogens is 2. The third-order valence-corrected chi connectivity index (χ3v) is 12.1. The van der Waals surface area contributed by atoms with Crippen molar-refractivity contribution in [2.75, 3.05) is 56.0 Å². The van der Waals surface area contributed by atoms with Crippen LogP contribution < -0.4 is 24.4 Å².